The van der Waals surface area contributed by atoms with E-state index in [1.165, 1.54) is 0 Å². The van der Waals surface area contributed by atoms with E-state index < -0.39 is 11.8 Å². The average molecular weight is 442 g/mol. The van der Waals surface area contributed by atoms with E-state index in [-0.39, 0.29) is 6.04 Å². The number of halogens is 1. The normalized spacial score (nSPS) is 16.6. The first kappa shape index (κ1) is 20.5. The first-order valence-electron chi connectivity index (χ1n) is 10.4. The number of pyridine rings is 2. The van der Waals surface area contributed by atoms with Gasteiger partial charge in [0.1, 0.15) is 6.04 Å². The molecule has 0 N–H and O–H groups in total. The van der Waals surface area contributed by atoms with Crippen LogP contribution in [0.25, 0.3) is 22.3 Å². The topological polar surface area (TPSA) is 63.2 Å². The van der Waals surface area contributed by atoms with E-state index in [0.717, 1.165) is 39.0 Å². The Morgan fingerprint density at radius 1 is 1.12 bits per heavy atom. The zero-order valence-corrected chi connectivity index (χ0v) is 18.2. The molecule has 0 saturated heterocycles. The molecule has 0 amide bonds. The maximum Gasteiger partial charge on any atom is 0.216 e. The summed E-state index contributed by atoms with van der Waals surface area (Å²) in [5, 5.41) is 1.45. The highest BCUT2D eigenvalue weighted by Crippen LogP contribution is 2.42. The Morgan fingerprint density at radius 2 is 1.94 bits per heavy atom. The second-order valence-corrected chi connectivity index (χ2v) is 8.32. The van der Waals surface area contributed by atoms with E-state index in [1.54, 1.807) is 6.20 Å². The number of carbonyl (C=O) groups is 2. The van der Waals surface area contributed by atoms with Gasteiger partial charge in [-0.2, -0.15) is 0 Å². The number of rotatable bonds is 5. The van der Waals surface area contributed by atoms with Crippen LogP contribution in [-0.4, -0.2) is 26.9 Å². The van der Waals surface area contributed by atoms with Crippen molar-refractivity contribution in [2.75, 3.05) is 0 Å². The molecule has 32 heavy (non-hydrogen) atoms. The molecule has 2 aromatic heterocycles. The molecule has 2 aromatic carbocycles. The van der Waals surface area contributed by atoms with Gasteiger partial charge in [0.2, 0.25) is 5.78 Å². The number of hydrogen-bond donors (Lipinski definition) is 0. The molecule has 0 aliphatic carbocycles. The van der Waals surface area contributed by atoms with Crippen molar-refractivity contribution in [2.24, 2.45) is 0 Å². The van der Waals surface area contributed by atoms with Gasteiger partial charge >= 0.3 is 0 Å². The van der Waals surface area contributed by atoms with Crippen molar-refractivity contribution in [2.45, 2.75) is 25.6 Å². The van der Waals surface area contributed by atoms with Gasteiger partial charge in [-0.3, -0.25) is 19.5 Å². The second-order valence-electron chi connectivity index (χ2n) is 7.92. The van der Waals surface area contributed by atoms with Crippen LogP contribution in [-0.2, 0) is 16.1 Å². The SMILES string of the molecule is CC(c1cc2c(Cl)cccc2nc1-c1ccccn1)N1Cc2ccccc2C1C(=O)C=O. The summed E-state index contributed by atoms with van der Waals surface area (Å²) in [4.78, 5) is 35.7. The quantitative estimate of drug-likeness (QED) is 0.309. The van der Waals surface area contributed by atoms with E-state index in [2.05, 4.69) is 4.98 Å². The van der Waals surface area contributed by atoms with E-state index in [4.69, 9.17) is 16.6 Å². The van der Waals surface area contributed by atoms with E-state index in [9.17, 15) is 9.59 Å². The van der Waals surface area contributed by atoms with Crippen molar-refractivity contribution in [3.8, 4) is 11.4 Å². The Morgan fingerprint density at radius 3 is 2.72 bits per heavy atom. The fraction of sp³-hybridized carbons (Fsp3) is 0.154. The van der Waals surface area contributed by atoms with Crippen molar-refractivity contribution in [3.05, 3.63) is 94.6 Å². The van der Waals surface area contributed by atoms with Gasteiger partial charge in [-0.25, -0.2) is 4.98 Å². The standard InChI is InChI=1S/C26H20ClN3O2/c1-16(30-14-17-7-2-3-8-18(17)26(30)24(32)15-31)19-13-20-21(27)9-6-11-22(20)29-25(19)23-10-4-5-12-28-23/h2-13,15-16,26H,14H2,1H3. The molecule has 0 saturated carbocycles. The number of hydrogen-bond acceptors (Lipinski definition) is 5. The number of aromatic nitrogens is 2. The number of aldehydes is 1. The van der Waals surface area contributed by atoms with Crippen LogP contribution in [0.4, 0.5) is 0 Å². The Bertz CT molecular complexity index is 1340. The third-order valence-corrected chi connectivity index (χ3v) is 6.44. The molecule has 0 fully saturated rings. The number of Topliss-reactive ketones (excluding diaryl/α,β-unsaturated/α-hetero) is 1. The molecule has 3 heterocycles. The number of ketones is 1. The van der Waals surface area contributed by atoms with Gasteiger partial charge in [0, 0.05) is 29.2 Å². The average Bonchev–Trinajstić information content (AvgIpc) is 3.23. The summed E-state index contributed by atoms with van der Waals surface area (Å²) in [5.41, 5.74) is 5.08. The third-order valence-electron chi connectivity index (χ3n) is 6.11. The van der Waals surface area contributed by atoms with Gasteiger partial charge in [0.05, 0.1) is 16.9 Å². The summed E-state index contributed by atoms with van der Waals surface area (Å²) in [6.45, 7) is 2.59. The fourth-order valence-electron chi connectivity index (χ4n) is 4.53. The summed E-state index contributed by atoms with van der Waals surface area (Å²) in [7, 11) is 0. The molecule has 0 spiro atoms. The third kappa shape index (κ3) is 3.40. The van der Waals surface area contributed by atoms with Crippen molar-refractivity contribution in [1.29, 1.82) is 0 Å². The maximum absolute atomic E-state index is 12.7. The van der Waals surface area contributed by atoms with Crippen molar-refractivity contribution >= 4 is 34.6 Å². The molecule has 5 rings (SSSR count). The van der Waals surface area contributed by atoms with E-state index in [0.29, 0.717) is 17.9 Å². The lowest BCUT2D eigenvalue weighted by molar-refractivity contribution is -0.134. The van der Waals surface area contributed by atoms with Crippen LogP contribution in [0.3, 0.4) is 0 Å². The highest BCUT2D eigenvalue weighted by Gasteiger charge is 2.38. The zero-order chi connectivity index (χ0) is 22.2. The number of carbonyl (C=O) groups excluding carboxylic acids is 2. The highest BCUT2D eigenvalue weighted by molar-refractivity contribution is 6.35. The predicted molar refractivity (Wildman–Crippen MR) is 124 cm³/mol. The van der Waals surface area contributed by atoms with E-state index in [1.807, 2.05) is 78.6 Å². The van der Waals surface area contributed by atoms with E-state index >= 15 is 0 Å². The monoisotopic (exact) mass is 441 g/mol. The first-order chi connectivity index (χ1) is 15.6. The smallest absolute Gasteiger partial charge is 0.216 e. The Labute approximate surface area is 190 Å². The van der Waals surface area contributed by atoms with Crippen LogP contribution in [0.5, 0.6) is 0 Å². The maximum atomic E-state index is 12.7. The second kappa shape index (κ2) is 8.26. The van der Waals surface area contributed by atoms with Gasteiger partial charge in [-0.15, -0.1) is 0 Å². The molecule has 2 unspecified atom stereocenters. The van der Waals surface area contributed by atoms with Crippen LogP contribution < -0.4 is 0 Å². The molecule has 1 aliphatic heterocycles. The Balaban J connectivity index is 1.69. The van der Waals surface area contributed by atoms with Gasteiger partial charge in [-0.1, -0.05) is 48.0 Å². The van der Waals surface area contributed by atoms with Crippen LogP contribution in [0.2, 0.25) is 5.02 Å². The molecule has 0 bridgehead atoms. The molecule has 0 radical (unpaired) electrons. The predicted octanol–water partition coefficient (Wildman–Crippen LogP) is 5.34. The lowest BCUT2D eigenvalue weighted by Gasteiger charge is -2.30. The molecule has 1 aliphatic rings. The highest BCUT2D eigenvalue weighted by atomic mass is 35.5. The van der Waals surface area contributed by atoms with Gasteiger partial charge in [-0.05, 0) is 53.9 Å². The molecule has 4 aromatic rings. The Kier molecular flexibility index (Phi) is 5.29. The fourth-order valence-corrected chi connectivity index (χ4v) is 4.76. The molecule has 2 atom stereocenters. The lowest BCUT2D eigenvalue weighted by atomic mass is 9.97. The summed E-state index contributed by atoms with van der Waals surface area (Å²) >= 11 is 6.50. The summed E-state index contributed by atoms with van der Waals surface area (Å²) in [5.74, 6) is -0.451. The van der Waals surface area contributed by atoms with Crippen molar-refractivity contribution in [1.82, 2.24) is 14.9 Å². The minimum Gasteiger partial charge on any atom is -0.295 e. The largest absolute Gasteiger partial charge is 0.295 e. The van der Waals surface area contributed by atoms with Crippen LogP contribution >= 0.6 is 11.6 Å². The summed E-state index contributed by atoms with van der Waals surface area (Å²) < 4.78 is 0. The molecular weight excluding hydrogens is 422 g/mol. The van der Waals surface area contributed by atoms with Gasteiger partial charge in [0.15, 0.2) is 6.29 Å². The van der Waals surface area contributed by atoms with Gasteiger partial charge < -0.3 is 0 Å². The van der Waals surface area contributed by atoms with Crippen molar-refractivity contribution in [3.63, 3.8) is 0 Å². The lowest BCUT2D eigenvalue weighted by Crippen LogP contribution is -2.31. The Hall–Kier alpha value is -3.41. The molecular formula is C26H20ClN3O2. The van der Waals surface area contributed by atoms with Crippen LogP contribution in [0.15, 0.2) is 72.9 Å². The first-order valence-corrected chi connectivity index (χ1v) is 10.8. The zero-order valence-electron chi connectivity index (χ0n) is 17.4. The van der Waals surface area contributed by atoms with Crippen molar-refractivity contribution < 1.29 is 9.59 Å². The minimum absolute atomic E-state index is 0.221. The molecule has 6 heteroatoms. The van der Waals surface area contributed by atoms with Gasteiger partial charge in [0.25, 0.3) is 0 Å². The summed E-state index contributed by atoms with van der Waals surface area (Å²) in [6, 6.07) is 20.3. The number of fused-ring (bicyclic) bond motifs is 2. The molecule has 5 nitrogen and oxygen atoms in total. The van der Waals surface area contributed by atoms with Crippen LogP contribution in [0.1, 0.15) is 35.7 Å². The minimum atomic E-state index is -0.628. The number of benzene rings is 2. The van der Waals surface area contributed by atoms with Crippen LogP contribution in [0, 0.1) is 0 Å². The molecule has 158 valence electrons. The number of nitrogens with zero attached hydrogens (tertiary/aromatic N) is 3. The summed E-state index contributed by atoms with van der Waals surface area (Å²) in [6.07, 6.45) is 2.15.